The van der Waals surface area contributed by atoms with E-state index in [9.17, 15) is 4.79 Å². The number of carbonyl (C=O) groups is 1. The summed E-state index contributed by atoms with van der Waals surface area (Å²) in [7, 11) is 3.43. The number of carbonyl (C=O) groups excluding carboxylic acids is 1. The largest absolute Gasteiger partial charge is 0.484 e. The highest BCUT2D eigenvalue weighted by atomic mass is 16.5. The first-order valence-corrected chi connectivity index (χ1v) is 10.7. The SMILES string of the molecule is CCNC(=NCc1cccc(OCC(=O)N(C)C)c1)N1CCOC(C2CCCO2)C1. The average Bonchev–Trinajstić information content (AvgIpc) is 3.30. The van der Waals surface area contributed by atoms with E-state index in [1.807, 2.05) is 24.3 Å². The summed E-state index contributed by atoms with van der Waals surface area (Å²) in [5.41, 5.74) is 1.03. The third kappa shape index (κ3) is 6.34. The summed E-state index contributed by atoms with van der Waals surface area (Å²) in [4.78, 5) is 20.3. The maximum Gasteiger partial charge on any atom is 0.259 e. The summed E-state index contributed by atoms with van der Waals surface area (Å²) in [6.07, 6.45) is 2.46. The molecule has 2 aliphatic rings. The highest BCUT2D eigenvalue weighted by molar-refractivity contribution is 5.80. The zero-order valence-electron chi connectivity index (χ0n) is 18.3. The molecule has 0 radical (unpaired) electrons. The number of benzene rings is 1. The molecule has 2 saturated heterocycles. The number of hydrogen-bond acceptors (Lipinski definition) is 5. The Kier molecular flexibility index (Phi) is 8.33. The lowest BCUT2D eigenvalue weighted by Gasteiger charge is -2.37. The second-order valence-electron chi connectivity index (χ2n) is 7.80. The molecule has 1 aromatic rings. The molecule has 30 heavy (non-hydrogen) atoms. The van der Waals surface area contributed by atoms with E-state index in [1.54, 1.807) is 14.1 Å². The number of ether oxygens (including phenoxy) is 3. The fraction of sp³-hybridized carbons (Fsp3) is 0.636. The zero-order valence-corrected chi connectivity index (χ0v) is 18.3. The van der Waals surface area contributed by atoms with Crippen LogP contribution in [0.5, 0.6) is 5.75 Å². The molecular weight excluding hydrogens is 384 g/mol. The van der Waals surface area contributed by atoms with Crippen LogP contribution < -0.4 is 10.1 Å². The predicted molar refractivity (Wildman–Crippen MR) is 116 cm³/mol. The van der Waals surface area contributed by atoms with Crippen molar-refractivity contribution in [3.8, 4) is 5.75 Å². The van der Waals surface area contributed by atoms with Crippen LogP contribution in [0.3, 0.4) is 0 Å². The fourth-order valence-electron chi connectivity index (χ4n) is 3.59. The molecule has 1 N–H and O–H groups in total. The minimum absolute atomic E-state index is 0.0285. The van der Waals surface area contributed by atoms with Gasteiger partial charge in [-0.05, 0) is 37.5 Å². The van der Waals surface area contributed by atoms with Crippen molar-refractivity contribution in [3.63, 3.8) is 0 Å². The van der Waals surface area contributed by atoms with Crippen molar-refractivity contribution in [2.45, 2.75) is 38.5 Å². The summed E-state index contributed by atoms with van der Waals surface area (Å²) in [6, 6.07) is 7.73. The minimum atomic E-state index is -0.0685. The van der Waals surface area contributed by atoms with Gasteiger partial charge in [-0.25, -0.2) is 4.99 Å². The summed E-state index contributed by atoms with van der Waals surface area (Å²) in [5, 5.41) is 3.40. The van der Waals surface area contributed by atoms with Gasteiger partial charge in [-0.1, -0.05) is 12.1 Å². The molecule has 8 heteroatoms. The first-order chi connectivity index (χ1) is 14.6. The number of hydrogen-bond donors (Lipinski definition) is 1. The van der Waals surface area contributed by atoms with E-state index in [4.69, 9.17) is 19.2 Å². The van der Waals surface area contributed by atoms with Crippen LogP contribution >= 0.6 is 0 Å². The third-order valence-corrected chi connectivity index (χ3v) is 5.28. The van der Waals surface area contributed by atoms with Crippen LogP contribution in [0.4, 0.5) is 0 Å². The van der Waals surface area contributed by atoms with Crippen molar-refractivity contribution >= 4 is 11.9 Å². The van der Waals surface area contributed by atoms with Crippen LogP contribution in [0.1, 0.15) is 25.3 Å². The van der Waals surface area contributed by atoms with Gasteiger partial charge in [0.1, 0.15) is 11.9 Å². The van der Waals surface area contributed by atoms with Gasteiger partial charge in [-0.15, -0.1) is 0 Å². The van der Waals surface area contributed by atoms with Crippen molar-refractivity contribution in [1.29, 1.82) is 0 Å². The number of likely N-dealkylation sites (N-methyl/N-ethyl adjacent to an activating group) is 1. The lowest BCUT2D eigenvalue weighted by molar-refractivity contribution is -0.130. The van der Waals surface area contributed by atoms with E-state index in [1.165, 1.54) is 4.90 Å². The predicted octanol–water partition coefficient (Wildman–Crippen LogP) is 1.50. The highest BCUT2D eigenvalue weighted by Gasteiger charge is 2.32. The Bertz CT molecular complexity index is 719. The second kappa shape index (κ2) is 11.2. The molecule has 0 spiro atoms. The molecule has 2 unspecified atom stereocenters. The topological polar surface area (TPSA) is 75.6 Å². The Morgan fingerprint density at radius 2 is 2.13 bits per heavy atom. The summed E-state index contributed by atoms with van der Waals surface area (Å²) in [6.45, 7) is 6.54. The first-order valence-electron chi connectivity index (χ1n) is 10.7. The van der Waals surface area contributed by atoms with Gasteiger partial charge in [0, 0.05) is 40.3 Å². The first kappa shape index (κ1) is 22.4. The Morgan fingerprint density at radius 3 is 2.87 bits per heavy atom. The van der Waals surface area contributed by atoms with Gasteiger partial charge in [-0.3, -0.25) is 4.79 Å². The molecule has 0 aromatic heterocycles. The lowest BCUT2D eigenvalue weighted by atomic mass is 10.1. The van der Waals surface area contributed by atoms with Crippen molar-refractivity contribution in [3.05, 3.63) is 29.8 Å². The molecule has 1 aromatic carbocycles. The van der Waals surface area contributed by atoms with E-state index in [-0.39, 0.29) is 24.7 Å². The Morgan fingerprint density at radius 1 is 1.30 bits per heavy atom. The highest BCUT2D eigenvalue weighted by Crippen LogP contribution is 2.21. The average molecular weight is 419 g/mol. The Hall–Kier alpha value is -2.32. The molecule has 1 amide bonds. The quantitative estimate of drug-likeness (QED) is 0.534. The summed E-state index contributed by atoms with van der Waals surface area (Å²) in [5.74, 6) is 1.49. The molecule has 8 nitrogen and oxygen atoms in total. The second-order valence-corrected chi connectivity index (χ2v) is 7.80. The van der Waals surface area contributed by atoms with E-state index >= 15 is 0 Å². The molecule has 3 rings (SSSR count). The monoisotopic (exact) mass is 418 g/mol. The molecule has 2 atom stereocenters. The Labute approximate surface area is 179 Å². The van der Waals surface area contributed by atoms with Crippen LogP contribution in [0.25, 0.3) is 0 Å². The number of guanidine groups is 1. The van der Waals surface area contributed by atoms with Gasteiger partial charge < -0.3 is 29.3 Å². The number of nitrogens with one attached hydrogen (secondary N) is 1. The van der Waals surface area contributed by atoms with Crippen molar-refractivity contribution in [2.24, 2.45) is 4.99 Å². The molecule has 166 valence electrons. The van der Waals surface area contributed by atoms with Crippen molar-refractivity contribution in [1.82, 2.24) is 15.1 Å². The number of amides is 1. The zero-order chi connectivity index (χ0) is 21.3. The molecule has 0 bridgehead atoms. The van der Waals surface area contributed by atoms with E-state index < -0.39 is 0 Å². The smallest absolute Gasteiger partial charge is 0.259 e. The number of aliphatic imine (C=N–C) groups is 1. The fourth-order valence-corrected chi connectivity index (χ4v) is 3.59. The normalized spacial score (nSPS) is 22.1. The Balaban J connectivity index is 1.61. The molecular formula is C22H34N4O4. The van der Waals surface area contributed by atoms with Crippen LogP contribution in [0.15, 0.2) is 29.3 Å². The van der Waals surface area contributed by atoms with Crippen LogP contribution in [-0.2, 0) is 20.8 Å². The maximum absolute atomic E-state index is 11.7. The minimum Gasteiger partial charge on any atom is -0.484 e. The summed E-state index contributed by atoms with van der Waals surface area (Å²) >= 11 is 0. The lowest BCUT2D eigenvalue weighted by Crippen LogP contribution is -2.53. The number of morpholine rings is 1. The molecule has 2 heterocycles. The van der Waals surface area contributed by atoms with Gasteiger partial charge >= 0.3 is 0 Å². The molecule has 2 fully saturated rings. The molecule has 0 aliphatic carbocycles. The van der Waals surface area contributed by atoms with Gasteiger partial charge in [0.2, 0.25) is 0 Å². The van der Waals surface area contributed by atoms with Crippen LogP contribution in [0.2, 0.25) is 0 Å². The number of rotatable bonds is 7. The van der Waals surface area contributed by atoms with Gasteiger partial charge in [0.25, 0.3) is 5.91 Å². The van der Waals surface area contributed by atoms with Crippen molar-refractivity contribution < 1.29 is 19.0 Å². The molecule has 2 aliphatic heterocycles. The van der Waals surface area contributed by atoms with E-state index in [0.717, 1.165) is 50.6 Å². The summed E-state index contributed by atoms with van der Waals surface area (Å²) < 4.78 is 17.4. The number of nitrogens with zero attached hydrogens (tertiary/aromatic N) is 3. The van der Waals surface area contributed by atoms with E-state index in [0.29, 0.717) is 18.9 Å². The van der Waals surface area contributed by atoms with Gasteiger partial charge in [-0.2, -0.15) is 0 Å². The molecule has 0 saturated carbocycles. The van der Waals surface area contributed by atoms with Crippen molar-refractivity contribution in [2.75, 3.05) is 53.6 Å². The maximum atomic E-state index is 11.7. The van der Waals surface area contributed by atoms with Gasteiger partial charge in [0.05, 0.1) is 19.3 Å². The third-order valence-electron chi connectivity index (χ3n) is 5.28. The van der Waals surface area contributed by atoms with Crippen LogP contribution in [-0.4, -0.2) is 87.4 Å². The van der Waals surface area contributed by atoms with E-state index in [2.05, 4.69) is 17.1 Å². The van der Waals surface area contributed by atoms with Gasteiger partial charge in [0.15, 0.2) is 12.6 Å². The van der Waals surface area contributed by atoms with Crippen LogP contribution in [0, 0.1) is 0 Å². The standard InChI is InChI=1S/C22H34N4O4/c1-4-23-22(26-10-12-29-20(15-26)19-9-6-11-28-19)24-14-17-7-5-8-18(13-17)30-16-21(27)25(2)3/h5,7-8,13,19-20H,4,6,9-12,14-16H2,1-3H3,(H,23,24).